The first-order valence-corrected chi connectivity index (χ1v) is 6.53. The molecule has 0 heterocycles. The van der Waals surface area contributed by atoms with Gasteiger partial charge in [-0.1, -0.05) is 19.1 Å². The fourth-order valence-electron chi connectivity index (χ4n) is 1.73. The molecular formula is C14H19FN2O2. The van der Waals surface area contributed by atoms with Crippen molar-refractivity contribution in [1.29, 1.82) is 0 Å². The van der Waals surface area contributed by atoms with Crippen LogP contribution in [0.5, 0.6) is 5.75 Å². The molecule has 1 aliphatic carbocycles. The average Bonchev–Trinajstić information content (AvgIpc) is 3.15. The fraction of sp³-hybridized carbons (Fsp3) is 0.500. The molecule has 5 heteroatoms. The average molecular weight is 266 g/mol. The zero-order valence-corrected chi connectivity index (χ0v) is 11.0. The summed E-state index contributed by atoms with van der Waals surface area (Å²) in [6.45, 7) is 2.26. The van der Waals surface area contributed by atoms with E-state index >= 15 is 0 Å². The molecule has 0 spiro atoms. The molecule has 2 rings (SSSR count). The summed E-state index contributed by atoms with van der Waals surface area (Å²) >= 11 is 0. The molecule has 0 radical (unpaired) electrons. The molecule has 1 fully saturated rings. The van der Waals surface area contributed by atoms with Crippen LogP contribution >= 0.6 is 0 Å². The number of carbonyl (C=O) groups excluding carboxylic acids is 1. The van der Waals surface area contributed by atoms with Gasteiger partial charge in [0.05, 0.1) is 12.1 Å². The Morgan fingerprint density at radius 3 is 2.79 bits per heavy atom. The van der Waals surface area contributed by atoms with E-state index in [9.17, 15) is 9.18 Å². The summed E-state index contributed by atoms with van der Waals surface area (Å²) in [6.07, 6.45) is 1.86. The first kappa shape index (κ1) is 13.8. The van der Waals surface area contributed by atoms with Crippen LogP contribution in [0.15, 0.2) is 24.3 Å². The largest absolute Gasteiger partial charge is 0.486 e. The van der Waals surface area contributed by atoms with Gasteiger partial charge in [-0.25, -0.2) is 4.39 Å². The lowest BCUT2D eigenvalue weighted by Gasteiger charge is -2.19. The van der Waals surface area contributed by atoms with Crippen molar-refractivity contribution in [2.24, 2.45) is 5.73 Å². The van der Waals surface area contributed by atoms with Gasteiger partial charge >= 0.3 is 0 Å². The SMILES string of the molecule is CCC(CNC(=O)C1(N)CC1)Oc1ccccc1F. The highest BCUT2D eigenvalue weighted by Crippen LogP contribution is 2.32. The molecule has 4 nitrogen and oxygen atoms in total. The molecule has 0 bridgehead atoms. The van der Waals surface area contributed by atoms with Crippen LogP contribution in [0, 0.1) is 5.82 Å². The van der Waals surface area contributed by atoms with Crippen LogP contribution < -0.4 is 15.8 Å². The number of halogens is 1. The second kappa shape index (κ2) is 5.57. The van der Waals surface area contributed by atoms with E-state index in [2.05, 4.69) is 5.32 Å². The van der Waals surface area contributed by atoms with E-state index in [0.717, 1.165) is 12.8 Å². The molecule has 1 unspecified atom stereocenters. The monoisotopic (exact) mass is 266 g/mol. The maximum atomic E-state index is 13.5. The molecule has 1 atom stereocenters. The van der Waals surface area contributed by atoms with Gasteiger partial charge in [0.25, 0.3) is 0 Å². The van der Waals surface area contributed by atoms with Crippen molar-refractivity contribution < 1.29 is 13.9 Å². The van der Waals surface area contributed by atoms with Crippen molar-refractivity contribution in [1.82, 2.24) is 5.32 Å². The Morgan fingerprint density at radius 2 is 2.21 bits per heavy atom. The summed E-state index contributed by atoms with van der Waals surface area (Å²) in [4.78, 5) is 11.7. The van der Waals surface area contributed by atoms with Crippen LogP contribution in [-0.2, 0) is 4.79 Å². The van der Waals surface area contributed by atoms with Gasteiger partial charge in [0.15, 0.2) is 11.6 Å². The highest BCUT2D eigenvalue weighted by atomic mass is 19.1. The number of ether oxygens (including phenoxy) is 1. The van der Waals surface area contributed by atoms with Crippen molar-refractivity contribution in [3.05, 3.63) is 30.1 Å². The van der Waals surface area contributed by atoms with Gasteiger partial charge in [0.2, 0.25) is 5.91 Å². The minimum Gasteiger partial charge on any atom is -0.486 e. The fourth-order valence-corrected chi connectivity index (χ4v) is 1.73. The van der Waals surface area contributed by atoms with Crippen molar-refractivity contribution in [3.63, 3.8) is 0 Å². The van der Waals surface area contributed by atoms with Gasteiger partial charge < -0.3 is 15.8 Å². The molecule has 1 aromatic carbocycles. The van der Waals surface area contributed by atoms with E-state index in [1.807, 2.05) is 6.92 Å². The van der Waals surface area contributed by atoms with Crippen LogP contribution in [0.4, 0.5) is 4.39 Å². The minimum absolute atomic E-state index is 0.150. The first-order valence-electron chi connectivity index (χ1n) is 6.53. The topological polar surface area (TPSA) is 64.4 Å². The number of nitrogens with one attached hydrogen (secondary N) is 1. The Balaban J connectivity index is 1.87. The zero-order valence-electron chi connectivity index (χ0n) is 11.0. The molecular weight excluding hydrogens is 247 g/mol. The zero-order chi connectivity index (χ0) is 13.9. The molecule has 3 N–H and O–H groups in total. The lowest BCUT2D eigenvalue weighted by atomic mass is 10.2. The maximum absolute atomic E-state index is 13.5. The van der Waals surface area contributed by atoms with E-state index in [1.54, 1.807) is 18.2 Å². The van der Waals surface area contributed by atoms with Crippen LogP contribution in [0.2, 0.25) is 0 Å². The quantitative estimate of drug-likeness (QED) is 0.822. The molecule has 0 aromatic heterocycles. The van der Waals surface area contributed by atoms with E-state index in [-0.39, 0.29) is 17.8 Å². The standard InChI is InChI=1S/C14H19FN2O2/c1-2-10(9-17-13(18)14(16)7-8-14)19-12-6-4-3-5-11(12)15/h3-6,10H,2,7-9,16H2,1H3,(H,17,18). The summed E-state index contributed by atoms with van der Waals surface area (Å²) in [6, 6.07) is 6.24. The number of rotatable bonds is 6. The molecule has 104 valence electrons. The predicted octanol–water partition coefficient (Wildman–Crippen LogP) is 1.59. The Morgan fingerprint density at radius 1 is 1.53 bits per heavy atom. The van der Waals surface area contributed by atoms with Crippen LogP contribution in [0.1, 0.15) is 26.2 Å². The first-order chi connectivity index (χ1) is 9.05. The third-order valence-corrected chi connectivity index (χ3v) is 3.32. The summed E-state index contributed by atoms with van der Waals surface area (Å²) in [5.74, 6) is -0.342. The minimum atomic E-state index is -0.684. The molecule has 0 aliphatic heterocycles. The van der Waals surface area contributed by atoms with Crippen molar-refractivity contribution in [2.75, 3.05) is 6.54 Å². The van der Waals surface area contributed by atoms with Gasteiger partial charge in [-0.2, -0.15) is 0 Å². The van der Waals surface area contributed by atoms with Crippen LogP contribution in [0.3, 0.4) is 0 Å². The Bertz CT molecular complexity index is 461. The van der Waals surface area contributed by atoms with E-state index in [0.29, 0.717) is 13.0 Å². The molecule has 1 aromatic rings. The van der Waals surface area contributed by atoms with Gasteiger partial charge in [0.1, 0.15) is 6.10 Å². The van der Waals surface area contributed by atoms with Crippen molar-refractivity contribution in [3.8, 4) is 5.75 Å². The Kier molecular flexibility index (Phi) is 4.04. The Labute approximate surface area is 112 Å². The molecule has 1 amide bonds. The predicted molar refractivity (Wildman–Crippen MR) is 70.3 cm³/mol. The summed E-state index contributed by atoms with van der Waals surface area (Å²) < 4.78 is 19.0. The molecule has 0 saturated heterocycles. The van der Waals surface area contributed by atoms with Gasteiger partial charge in [0, 0.05) is 0 Å². The van der Waals surface area contributed by atoms with Crippen LogP contribution in [-0.4, -0.2) is 24.1 Å². The highest BCUT2D eigenvalue weighted by molar-refractivity contribution is 5.88. The smallest absolute Gasteiger partial charge is 0.240 e. The molecule has 19 heavy (non-hydrogen) atoms. The lowest BCUT2D eigenvalue weighted by molar-refractivity contribution is -0.123. The highest BCUT2D eigenvalue weighted by Gasteiger charge is 2.45. The third-order valence-electron chi connectivity index (χ3n) is 3.32. The summed E-state index contributed by atoms with van der Waals surface area (Å²) in [5, 5.41) is 2.76. The van der Waals surface area contributed by atoms with Gasteiger partial charge in [-0.3, -0.25) is 4.79 Å². The molecule has 1 aliphatic rings. The number of amides is 1. The Hall–Kier alpha value is -1.62. The van der Waals surface area contributed by atoms with E-state index in [4.69, 9.17) is 10.5 Å². The number of para-hydroxylation sites is 1. The third kappa shape index (κ3) is 3.44. The number of benzene rings is 1. The second-order valence-electron chi connectivity index (χ2n) is 4.94. The molecule has 1 saturated carbocycles. The summed E-state index contributed by atoms with van der Waals surface area (Å²) in [5.41, 5.74) is 5.10. The number of nitrogens with two attached hydrogens (primary N) is 1. The normalized spacial score (nSPS) is 17.6. The lowest BCUT2D eigenvalue weighted by Crippen LogP contribution is -2.46. The number of hydrogen-bond donors (Lipinski definition) is 2. The van der Waals surface area contributed by atoms with E-state index in [1.165, 1.54) is 6.07 Å². The van der Waals surface area contributed by atoms with E-state index < -0.39 is 11.4 Å². The maximum Gasteiger partial charge on any atom is 0.240 e. The van der Waals surface area contributed by atoms with Crippen molar-refractivity contribution >= 4 is 5.91 Å². The summed E-state index contributed by atoms with van der Waals surface area (Å²) in [7, 11) is 0. The second-order valence-corrected chi connectivity index (χ2v) is 4.94. The van der Waals surface area contributed by atoms with Crippen molar-refractivity contribution in [2.45, 2.75) is 37.8 Å². The number of hydrogen-bond acceptors (Lipinski definition) is 3. The van der Waals surface area contributed by atoms with Gasteiger partial charge in [-0.05, 0) is 31.4 Å². The van der Waals surface area contributed by atoms with Crippen LogP contribution in [0.25, 0.3) is 0 Å². The van der Waals surface area contributed by atoms with Gasteiger partial charge in [-0.15, -0.1) is 0 Å². The number of carbonyl (C=O) groups is 1.